The van der Waals surface area contributed by atoms with Crippen LogP contribution in [0.15, 0.2) is 11.6 Å². The highest BCUT2D eigenvalue weighted by molar-refractivity contribution is 6.09. The largest absolute Gasteiger partial charge is 0.293 e. The molecule has 0 aliphatic carbocycles. The highest BCUT2D eigenvalue weighted by atomic mass is 16.2. The Morgan fingerprint density at radius 3 is 1.20 bits per heavy atom. The van der Waals surface area contributed by atoms with E-state index in [0.29, 0.717) is 0 Å². The summed E-state index contributed by atoms with van der Waals surface area (Å²) in [5, 5.41) is 4.77. The molecule has 0 fully saturated rings. The van der Waals surface area contributed by atoms with Crippen molar-refractivity contribution in [1.29, 1.82) is 0 Å². The minimum atomic E-state index is -0.622. The van der Waals surface area contributed by atoms with Crippen LogP contribution in [0.4, 0.5) is 0 Å². The zero-order valence-corrected chi connectivity index (χ0v) is 27.4. The van der Waals surface area contributed by atoms with Crippen molar-refractivity contribution in [3.8, 4) is 0 Å². The Kier molecular flexibility index (Phi) is 25.6. The van der Waals surface area contributed by atoms with Gasteiger partial charge in [0.15, 0.2) is 0 Å². The molecule has 2 atom stereocenters. The Morgan fingerprint density at radius 2 is 0.829 bits per heavy atom. The summed E-state index contributed by atoms with van der Waals surface area (Å²) in [7, 11) is 0. The molecule has 6 nitrogen and oxygen atoms in total. The van der Waals surface area contributed by atoms with Crippen LogP contribution in [0, 0.1) is 11.8 Å². The van der Waals surface area contributed by atoms with E-state index < -0.39 is 11.8 Å². The molecule has 0 bridgehead atoms. The van der Waals surface area contributed by atoms with Crippen molar-refractivity contribution in [3.63, 3.8) is 0 Å². The molecule has 0 aromatic heterocycles. The molecule has 0 saturated heterocycles. The summed E-state index contributed by atoms with van der Waals surface area (Å²) < 4.78 is 0. The highest BCUT2D eigenvalue weighted by Gasteiger charge is 2.18. The fourth-order valence-electron chi connectivity index (χ4n) is 5.01. The summed E-state index contributed by atoms with van der Waals surface area (Å²) >= 11 is 0. The molecule has 0 radical (unpaired) electrons. The van der Waals surface area contributed by atoms with Gasteiger partial charge in [0.1, 0.15) is 0 Å². The molecule has 0 aromatic carbocycles. The van der Waals surface area contributed by atoms with Crippen molar-refractivity contribution in [2.45, 2.75) is 176 Å². The molecular weight excluding hydrogens is 512 g/mol. The molecule has 0 aliphatic rings. The van der Waals surface area contributed by atoms with Gasteiger partial charge in [0.25, 0.3) is 11.8 Å². The van der Waals surface area contributed by atoms with Crippen molar-refractivity contribution >= 4 is 23.6 Å². The number of carbonyl (C=O) groups is 4. The monoisotopic (exact) mass is 576 g/mol. The van der Waals surface area contributed by atoms with Crippen LogP contribution >= 0.6 is 0 Å². The smallest absolute Gasteiger partial charge is 0.253 e. The summed E-state index contributed by atoms with van der Waals surface area (Å²) in [4.78, 5) is 49.5. The molecule has 2 N–H and O–H groups in total. The molecule has 4 amide bonds. The van der Waals surface area contributed by atoms with Crippen LogP contribution in [0.2, 0.25) is 0 Å². The average molecular weight is 577 g/mol. The van der Waals surface area contributed by atoms with E-state index in [1.54, 1.807) is 0 Å². The molecule has 0 spiro atoms. The Balaban J connectivity index is 4.08. The van der Waals surface area contributed by atoms with Crippen LogP contribution in [0.1, 0.15) is 176 Å². The van der Waals surface area contributed by atoms with Gasteiger partial charge in [0.2, 0.25) is 11.8 Å². The summed E-state index contributed by atoms with van der Waals surface area (Å²) in [6.45, 7) is 9.61. The number of carbonyl (C=O) groups excluding carboxylic acids is 4. The quantitative estimate of drug-likeness (QED) is 0.0793. The van der Waals surface area contributed by atoms with Crippen LogP contribution in [0.5, 0.6) is 0 Å². The molecular formula is C35H64N2O4. The summed E-state index contributed by atoms with van der Waals surface area (Å²) in [6.07, 6.45) is 27.4. The molecule has 0 rings (SSSR count). The van der Waals surface area contributed by atoms with Gasteiger partial charge in [-0.3, -0.25) is 29.8 Å². The van der Waals surface area contributed by atoms with Crippen LogP contribution in [0.25, 0.3) is 0 Å². The number of hydrogen-bond donors (Lipinski definition) is 2. The Labute approximate surface area is 252 Å². The van der Waals surface area contributed by atoms with E-state index in [1.807, 2.05) is 13.8 Å². The van der Waals surface area contributed by atoms with E-state index in [0.717, 1.165) is 44.6 Å². The third kappa shape index (κ3) is 23.3. The molecule has 238 valence electrons. The molecule has 0 aromatic rings. The first-order chi connectivity index (χ1) is 19.7. The third-order valence-electron chi connectivity index (χ3n) is 8.07. The predicted molar refractivity (Wildman–Crippen MR) is 171 cm³/mol. The number of amides is 4. The number of rotatable bonds is 26. The van der Waals surface area contributed by atoms with Crippen LogP contribution < -0.4 is 10.6 Å². The Morgan fingerprint density at radius 1 is 0.512 bits per heavy atom. The van der Waals surface area contributed by atoms with Crippen LogP contribution in [-0.4, -0.2) is 23.6 Å². The van der Waals surface area contributed by atoms with E-state index in [-0.39, 0.29) is 29.2 Å². The topological polar surface area (TPSA) is 92.3 Å². The van der Waals surface area contributed by atoms with Gasteiger partial charge in [-0.1, -0.05) is 156 Å². The highest BCUT2D eigenvalue weighted by Crippen LogP contribution is 2.15. The zero-order chi connectivity index (χ0) is 30.7. The summed E-state index contributed by atoms with van der Waals surface area (Å²) in [5.74, 6) is -2.38. The lowest BCUT2D eigenvalue weighted by molar-refractivity contribution is -0.133. The number of unbranched alkanes of at least 4 members (excludes halogenated alkanes) is 18. The maximum Gasteiger partial charge on any atom is 0.253 e. The minimum absolute atomic E-state index is 0.108. The minimum Gasteiger partial charge on any atom is -0.293 e. The Bertz CT molecular complexity index is 746. The standard InChI is InChI=1S/C35H64N2O4/c1-6-8-10-12-14-16-18-20-22-24-26-29(3)33(39)36-32(38)28-31(5)35(41)37-34(40)30(4)27-25-23-21-19-17-15-13-11-9-7-2/h28-30H,6-27H2,1-5H3,(H,36,38,39)(H,37,40,41)/b31-28-. The van der Waals surface area contributed by atoms with Gasteiger partial charge >= 0.3 is 0 Å². The van der Waals surface area contributed by atoms with Gasteiger partial charge in [0.05, 0.1) is 0 Å². The number of hydrogen-bond acceptors (Lipinski definition) is 4. The lowest BCUT2D eigenvalue weighted by atomic mass is 10.0. The van der Waals surface area contributed by atoms with Crippen molar-refractivity contribution < 1.29 is 19.2 Å². The maximum absolute atomic E-state index is 12.4. The van der Waals surface area contributed by atoms with Crippen molar-refractivity contribution in [2.75, 3.05) is 0 Å². The van der Waals surface area contributed by atoms with Gasteiger partial charge in [-0.05, 0) is 19.8 Å². The maximum atomic E-state index is 12.4. The van der Waals surface area contributed by atoms with Crippen LogP contribution in [0.3, 0.4) is 0 Å². The van der Waals surface area contributed by atoms with Gasteiger partial charge in [-0.25, -0.2) is 0 Å². The first-order valence-electron chi connectivity index (χ1n) is 17.1. The van der Waals surface area contributed by atoms with E-state index >= 15 is 0 Å². The van der Waals surface area contributed by atoms with E-state index in [4.69, 9.17) is 0 Å². The molecule has 6 heteroatoms. The first-order valence-corrected chi connectivity index (χ1v) is 17.1. The molecule has 0 aliphatic heterocycles. The van der Waals surface area contributed by atoms with Gasteiger partial charge in [-0.2, -0.15) is 0 Å². The molecule has 0 saturated carbocycles. The van der Waals surface area contributed by atoms with Crippen molar-refractivity contribution in [3.05, 3.63) is 11.6 Å². The lowest BCUT2D eigenvalue weighted by Crippen LogP contribution is -2.37. The van der Waals surface area contributed by atoms with Crippen molar-refractivity contribution in [1.82, 2.24) is 10.6 Å². The molecule has 2 unspecified atom stereocenters. The van der Waals surface area contributed by atoms with E-state index in [9.17, 15) is 19.2 Å². The summed E-state index contributed by atoms with van der Waals surface area (Å²) in [5.41, 5.74) is 0.108. The second-order valence-corrected chi connectivity index (χ2v) is 12.2. The fraction of sp³-hybridized carbons (Fsp3) is 0.829. The van der Waals surface area contributed by atoms with E-state index in [2.05, 4.69) is 24.5 Å². The van der Waals surface area contributed by atoms with Gasteiger partial charge < -0.3 is 0 Å². The molecule has 41 heavy (non-hydrogen) atoms. The SMILES string of the molecule is CCCCCCCCCCCCC(C)C(=O)NC(=O)/C=C(/C)C(=O)NC(=O)C(C)CCCCCCCCCCCC. The van der Waals surface area contributed by atoms with Crippen molar-refractivity contribution in [2.24, 2.45) is 11.8 Å². The number of nitrogens with one attached hydrogen (secondary N) is 2. The van der Waals surface area contributed by atoms with E-state index in [1.165, 1.54) is 110 Å². The summed E-state index contributed by atoms with van der Waals surface area (Å²) in [6, 6.07) is 0. The first kappa shape index (κ1) is 39.0. The Hall–Kier alpha value is -1.98. The number of imide groups is 2. The normalized spacial score (nSPS) is 13.0. The third-order valence-corrected chi connectivity index (χ3v) is 8.07. The molecule has 0 heterocycles. The van der Waals surface area contributed by atoms with Crippen LogP contribution in [-0.2, 0) is 19.2 Å². The zero-order valence-electron chi connectivity index (χ0n) is 27.4. The lowest BCUT2D eigenvalue weighted by Gasteiger charge is -2.12. The second-order valence-electron chi connectivity index (χ2n) is 12.2. The predicted octanol–water partition coefficient (Wildman–Crippen LogP) is 9.11. The fourth-order valence-corrected chi connectivity index (χ4v) is 5.01. The second kappa shape index (κ2) is 26.9. The van der Waals surface area contributed by atoms with Gasteiger partial charge in [0, 0.05) is 23.5 Å². The average Bonchev–Trinajstić information content (AvgIpc) is 2.94. The van der Waals surface area contributed by atoms with Gasteiger partial charge in [-0.15, -0.1) is 0 Å².